The first kappa shape index (κ1) is 14.1. The summed E-state index contributed by atoms with van der Waals surface area (Å²) in [5.41, 5.74) is 3.26. The zero-order valence-corrected chi connectivity index (χ0v) is 13.5. The molecule has 2 heterocycles. The Labute approximate surface area is 135 Å². The van der Waals surface area contributed by atoms with Crippen molar-refractivity contribution in [3.8, 4) is 22.9 Å². The molecule has 4 heteroatoms. The Hall–Kier alpha value is -2.49. The predicted octanol–water partition coefficient (Wildman–Crippen LogP) is 4.13. The molecular weight excluding hydrogens is 288 g/mol. The Kier molecular flexibility index (Phi) is 3.45. The van der Waals surface area contributed by atoms with Crippen LogP contribution >= 0.6 is 0 Å². The van der Waals surface area contributed by atoms with E-state index in [-0.39, 0.29) is 0 Å². The maximum absolute atomic E-state index is 5.72. The van der Waals surface area contributed by atoms with Crippen LogP contribution in [0.1, 0.15) is 13.8 Å². The molecule has 4 nitrogen and oxygen atoms in total. The van der Waals surface area contributed by atoms with Crippen LogP contribution in [0.5, 0.6) is 11.5 Å². The van der Waals surface area contributed by atoms with Crippen LogP contribution in [0.2, 0.25) is 0 Å². The minimum absolute atomic E-state index is 0.545. The summed E-state index contributed by atoms with van der Waals surface area (Å²) in [7, 11) is 0. The van der Waals surface area contributed by atoms with Gasteiger partial charge in [0.25, 0.3) is 0 Å². The molecule has 1 aromatic heterocycles. The second kappa shape index (κ2) is 5.61. The number of aromatic nitrogens is 2. The first-order valence-corrected chi connectivity index (χ1v) is 8.07. The third kappa shape index (κ3) is 2.54. The fraction of sp³-hybridized carbons (Fsp3) is 0.316. The van der Waals surface area contributed by atoms with E-state index >= 15 is 0 Å². The van der Waals surface area contributed by atoms with Crippen molar-refractivity contribution in [1.29, 1.82) is 0 Å². The minimum atomic E-state index is 0.545. The van der Waals surface area contributed by atoms with Gasteiger partial charge in [-0.15, -0.1) is 0 Å². The molecule has 0 saturated heterocycles. The summed E-state index contributed by atoms with van der Waals surface area (Å²) in [4.78, 5) is 4.85. The van der Waals surface area contributed by atoms with Gasteiger partial charge >= 0.3 is 0 Å². The van der Waals surface area contributed by atoms with E-state index in [0.717, 1.165) is 34.9 Å². The normalized spacial score (nSPS) is 13.7. The first-order chi connectivity index (χ1) is 11.2. The fourth-order valence-corrected chi connectivity index (χ4v) is 3.03. The average Bonchev–Trinajstić information content (AvgIpc) is 2.93. The van der Waals surface area contributed by atoms with Gasteiger partial charge in [0.1, 0.15) is 19.0 Å². The summed E-state index contributed by atoms with van der Waals surface area (Å²) in [6, 6.07) is 14.4. The molecule has 1 aliphatic rings. The van der Waals surface area contributed by atoms with E-state index < -0.39 is 0 Å². The molecule has 0 atom stereocenters. The standard InChI is InChI=1S/C19H20N2O2/c1-13(2)12-21-16-6-4-3-5-15(16)20-19(21)14-7-8-17-18(11-14)23-10-9-22-17/h3-8,11,13H,9-10,12H2,1-2H3. The highest BCUT2D eigenvalue weighted by Gasteiger charge is 2.17. The SMILES string of the molecule is CC(C)Cn1c(-c2ccc3c(c2)OCCO3)nc2ccccc21. The summed E-state index contributed by atoms with van der Waals surface area (Å²) in [5.74, 6) is 3.14. The van der Waals surface area contributed by atoms with Gasteiger partial charge in [-0.05, 0) is 36.2 Å². The van der Waals surface area contributed by atoms with E-state index in [2.05, 4.69) is 42.7 Å². The van der Waals surface area contributed by atoms with Crippen LogP contribution in [0, 0.1) is 5.92 Å². The highest BCUT2D eigenvalue weighted by Crippen LogP contribution is 2.35. The van der Waals surface area contributed by atoms with E-state index in [9.17, 15) is 0 Å². The summed E-state index contributed by atoms with van der Waals surface area (Å²) in [6.45, 7) is 6.59. The largest absolute Gasteiger partial charge is 0.486 e. The molecule has 118 valence electrons. The zero-order chi connectivity index (χ0) is 15.8. The molecule has 0 spiro atoms. The lowest BCUT2D eigenvalue weighted by Crippen LogP contribution is -2.15. The molecule has 3 aromatic rings. The van der Waals surface area contributed by atoms with Crippen LogP contribution < -0.4 is 9.47 Å². The van der Waals surface area contributed by atoms with Crippen molar-refractivity contribution in [1.82, 2.24) is 9.55 Å². The van der Waals surface area contributed by atoms with Crippen molar-refractivity contribution in [2.45, 2.75) is 20.4 Å². The van der Waals surface area contributed by atoms with Crippen LogP contribution in [-0.2, 0) is 6.54 Å². The Bertz CT molecular complexity index is 852. The molecule has 0 bridgehead atoms. The van der Waals surface area contributed by atoms with E-state index in [1.54, 1.807) is 0 Å². The van der Waals surface area contributed by atoms with E-state index in [1.165, 1.54) is 5.52 Å². The number of nitrogens with zero attached hydrogens (tertiary/aromatic N) is 2. The van der Waals surface area contributed by atoms with Crippen LogP contribution in [0.3, 0.4) is 0 Å². The molecule has 0 saturated carbocycles. The Morgan fingerprint density at radius 2 is 1.83 bits per heavy atom. The summed E-state index contributed by atoms with van der Waals surface area (Å²) in [5, 5.41) is 0. The minimum Gasteiger partial charge on any atom is -0.486 e. The molecule has 0 fully saturated rings. The number of benzene rings is 2. The molecular formula is C19H20N2O2. The summed E-state index contributed by atoms with van der Waals surface area (Å²) >= 11 is 0. The van der Waals surface area contributed by atoms with E-state index in [4.69, 9.17) is 14.5 Å². The van der Waals surface area contributed by atoms with Gasteiger partial charge in [0.15, 0.2) is 11.5 Å². The van der Waals surface area contributed by atoms with Crippen molar-refractivity contribution in [2.24, 2.45) is 5.92 Å². The summed E-state index contributed by atoms with van der Waals surface area (Å²) < 4.78 is 13.6. The van der Waals surface area contributed by atoms with Crippen molar-refractivity contribution in [2.75, 3.05) is 13.2 Å². The molecule has 2 aromatic carbocycles. The first-order valence-electron chi connectivity index (χ1n) is 8.07. The highest BCUT2D eigenvalue weighted by molar-refractivity contribution is 5.81. The molecule has 1 aliphatic heterocycles. The lowest BCUT2D eigenvalue weighted by atomic mass is 10.1. The fourth-order valence-electron chi connectivity index (χ4n) is 3.03. The number of para-hydroxylation sites is 2. The third-order valence-electron chi connectivity index (χ3n) is 4.00. The van der Waals surface area contributed by atoms with Crippen LogP contribution in [0.25, 0.3) is 22.4 Å². The summed E-state index contributed by atoms with van der Waals surface area (Å²) in [6.07, 6.45) is 0. The average molecular weight is 308 g/mol. The lowest BCUT2D eigenvalue weighted by molar-refractivity contribution is 0.171. The number of hydrogen-bond donors (Lipinski definition) is 0. The molecule has 0 N–H and O–H groups in total. The van der Waals surface area contributed by atoms with Gasteiger partial charge in [-0.1, -0.05) is 26.0 Å². The van der Waals surface area contributed by atoms with Gasteiger partial charge in [-0.2, -0.15) is 0 Å². The van der Waals surface area contributed by atoms with Crippen molar-refractivity contribution >= 4 is 11.0 Å². The van der Waals surface area contributed by atoms with E-state index in [1.807, 2.05) is 18.2 Å². The number of hydrogen-bond acceptors (Lipinski definition) is 3. The van der Waals surface area contributed by atoms with Crippen LogP contribution in [0.15, 0.2) is 42.5 Å². The van der Waals surface area contributed by atoms with Crippen molar-refractivity contribution < 1.29 is 9.47 Å². The number of ether oxygens (including phenoxy) is 2. The monoisotopic (exact) mass is 308 g/mol. The second-order valence-electron chi connectivity index (χ2n) is 6.29. The van der Waals surface area contributed by atoms with Crippen molar-refractivity contribution in [3.05, 3.63) is 42.5 Å². The van der Waals surface area contributed by atoms with Gasteiger partial charge in [-0.3, -0.25) is 0 Å². The van der Waals surface area contributed by atoms with Gasteiger partial charge < -0.3 is 14.0 Å². The Morgan fingerprint density at radius 3 is 2.65 bits per heavy atom. The Balaban J connectivity index is 1.87. The van der Waals surface area contributed by atoms with E-state index in [0.29, 0.717) is 19.1 Å². The number of rotatable bonds is 3. The Morgan fingerprint density at radius 1 is 1.04 bits per heavy atom. The smallest absolute Gasteiger partial charge is 0.162 e. The maximum Gasteiger partial charge on any atom is 0.162 e. The third-order valence-corrected chi connectivity index (χ3v) is 4.00. The topological polar surface area (TPSA) is 36.3 Å². The number of imidazole rings is 1. The lowest BCUT2D eigenvalue weighted by Gasteiger charge is -2.19. The molecule has 0 radical (unpaired) electrons. The highest BCUT2D eigenvalue weighted by atomic mass is 16.6. The molecule has 23 heavy (non-hydrogen) atoms. The predicted molar refractivity (Wildman–Crippen MR) is 91.0 cm³/mol. The zero-order valence-electron chi connectivity index (χ0n) is 13.5. The van der Waals surface area contributed by atoms with Crippen LogP contribution in [-0.4, -0.2) is 22.8 Å². The molecule has 0 unspecified atom stereocenters. The van der Waals surface area contributed by atoms with Crippen LogP contribution in [0.4, 0.5) is 0 Å². The quantitative estimate of drug-likeness (QED) is 0.730. The molecule has 0 aliphatic carbocycles. The number of fused-ring (bicyclic) bond motifs is 2. The van der Waals surface area contributed by atoms with Crippen molar-refractivity contribution in [3.63, 3.8) is 0 Å². The maximum atomic E-state index is 5.72. The van der Waals surface area contributed by atoms with Gasteiger partial charge in [0, 0.05) is 12.1 Å². The van der Waals surface area contributed by atoms with Gasteiger partial charge in [0.2, 0.25) is 0 Å². The van der Waals surface area contributed by atoms with Gasteiger partial charge in [0.05, 0.1) is 11.0 Å². The van der Waals surface area contributed by atoms with Gasteiger partial charge in [-0.25, -0.2) is 4.98 Å². The molecule has 4 rings (SSSR count). The second-order valence-corrected chi connectivity index (χ2v) is 6.29. The molecule has 0 amide bonds.